The van der Waals surface area contributed by atoms with E-state index in [2.05, 4.69) is 5.32 Å². The van der Waals surface area contributed by atoms with E-state index in [9.17, 15) is 22.4 Å². The van der Waals surface area contributed by atoms with E-state index in [1.54, 1.807) is 0 Å². The fourth-order valence-corrected chi connectivity index (χ4v) is 1.71. The van der Waals surface area contributed by atoms with Gasteiger partial charge >= 0.3 is 0 Å². The summed E-state index contributed by atoms with van der Waals surface area (Å²) in [5.74, 6) is -4.99. The zero-order chi connectivity index (χ0) is 15.6. The Kier molecular flexibility index (Phi) is 4.11. The Morgan fingerprint density at radius 1 is 1.05 bits per heavy atom. The highest BCUT2D eigenvalue weighted by Gasteiger charge is 2.19. The number of hydrogen-bond donors (Lipinski definition) is 2. The minimum absolute atomic E-state index is 0.0190. The Morgan fingerprint density at radius 3 is 2.43 bits per heavy atom. The molecule has 0 aliphatic heterocycles. The first-order chi connectivity index (χ1) is 9.90. The summed E-state index contributed by atoms with van der Waals surface area (Å²) in [6.07, 6.45) is 0. The van der Waals surface area contributed by atoms with Crippen molar-refractivity contribution in [1.29, 1.82) is 0 Å². The lowest BCUT2D eigenvalue weighted by Crippen LogP contribution is -2.26. The van der Waals surface area contributed by atoms with Gasteiger partial charge in [-0.2, -0.15) is 0 Å². The van der Waals surface area contributed by atoms with Gasteiger partial charge in [0, 0.05) is 18.2 Å². The molecule has 0 aliphatic rings. The average Bonchev–Trinajstić information content (AvgIpc) is 2.42. The Balaban J connectivity index is 2.18. The molecule has 2 aromatic carbocycles. The molecule has 7 heteroatoms. The second-order valence-electron chi connectivity index (χ2n) is 4.24. The predicted molar refractivity (Wildman–Crippen MR) is 68.3 cm³/mol. The topological polar surface area (TPSA) is 55.1 Å². The first-order valence-corrected chi connectivity index (χ1v) is 5.85. The standard InChI is InChI=1S/C14H10F4N2O/c15-8-2-1-7(10(17)5-8)6-20-14(21)12-9(16)3-4-11(19)13(12)18/h1-5H,6,19H2,(H,20,21). The Labute approximate surface area is 117 Å². The third-order valence-corrected chi connectivity index (χ3v) is 2.80. The van der Waals surface area contributed by atoms with E-state index in [-0.39, 0.29) is 17.8 Å². The molecule has 0 atom stereocenters. The molecule has 0 fully saturated rings. The van der Waals surface area contributed by atoms with Crippen molar-refractivity contribution in [3.63, 3.8) is 0 Å². The molecule has 0 bridgehead atoms. The zero-order valence-corrected chi connectivity index (χ0v) is 10.6. The van der Waals surface area contributed by atoms with Crippen molar-refractivity contribution >= 4 is 11.6 Å². The van der Waals surface area contributed by atoms with Gasteiger partial charge < -0.3 is 11.1 Å². The first-order valence-electron chi connectivity index (χ1n) is 5.85. The molecule has 2 aromatic rings. The van der Waals surface area contributed by atoms with E-state index < -0.39 is 34.7 Å². The van der Waals surface area contributed by atoms with Crippen LogP contribution in [-0.2, 0) is 6.54 Å². The molecule has 3 N–H and O–H groups in total. The van der Waals surface area contributed by atoms with Crippen LogP contribution < -0.4 is 11.1 Å². The maximum absolute atomic E-state index is 13.6. The van der Waals surface area contributed by atoms with Crippen LogP contribution in [0.25, 0.3) is 0 Å². The molecule has 110 valence electrons. The quantitative estimate of drug-likeness (QED) is 0.676. The first kappa shape index (κ1) is 14.8. The van der Waals surface area contributed by atoms with Crippen LogP contribution in [0.3, 0.4) is 0 Å². The van der Waals surface area contributed by atoms with Gasteiger partial charge in [-0.25, -0.2) is 17.6 Å². The van der Waals surface area contributed by atoms with Gasteiger partial charge in [-0.05, 0) is 18.2 Å². The molecule has 0 unspecified atom stereocenters. The van der Waals surface area contributed by atoms with Crippen LogP contribution in [0.5, 0.6) is 0 Å². The van der Waals surface area contributed by atoms with E-state index in [0.29, 0.717) is 6.07 Å². The molecule has 0 aromatic heterocycles. The van der Waals surface area contributed by atoms with Gasteiger partial charge in [0.1, 0.15) is 23.0 Å². The SMILES string of the molecule is Nc1ccc(F)c(C(=O)NCc2ccc(F)cc2F)c1F. The second kappa shape index (κ2) is 5.82. The fraction of sp³-hybridized carbons (Fsp3) is 0.0714. The van der Waals surface area contributed by atoms with Crippen LogP contribution in [0.1, 0.15) is 15.9 Å². The molecule has 3 nitrogen and oxygen atoms in total. The normalized spacial score (nSPS) is 10.5. The minimum atomic E-state index is -1.19. The fourth-order valence-electron chi connectivity index (χ4n) is 1.71. The number of carbonyl (C=O) groups excluding carboxylic acids is 1. The van der Waals surface area contributed by atoms with Crippen molar-refractivity contribution in [3.8, 4) is 0 Å². The molecular weight excluding hydrogens is 288 g/mol. The number of nitrogens with one attached hydrogen (secondary N) is 1. The van der Waals surface area contributed by atoms with Gasteiger partial charge in [-0.1, -0.05) is 6.07 Å². The lowest BCUT2D eigenvalue weighted by molar-refractivity contribution is 0.0942. The number of anilines is 1. The van der Waals surface area contributed by atoms with Crippen molar-refractivity contribution in [2.75, 3.05) is 5.73 Å². The number of rotatable bonds is 3. The molecule has 0 saturated carbocycles. The summed E-state index contributed by atoms with van der Waals surface area (Å²) in [5.41, 5.74) is 4.00. The van der Waals surface area contributed by atoms with Crippen molar-refractivity contribution < 1.29 is 22.4 Å². The van der Waals surface area contributed by atoms with Crippen LogP contribution in [0.15, 0.2) is 30.3 Å². The van der Waals surface area contributed by atoms with Gasteiger partial charge in [-0.15, -0.1) is 0 Å². The summed E-state index contributed by atoms with van der Waals surface area (Å²) in [6, 6.07) is 4.61. The van der Waals surface area contributed by atoms with Gasteiger partial charge in [0.25, 0.3) is 5.91 Å². The number of carbonyl (C=O) groups is 1. The van der Waals surface area contributed by atoms with Crippen molar-refractivity contribution in [1.82, 2.24) is 5.32 Å². The maximum Gasteiger partial charge on any atom is 0.257 e. The Hall–Kier alpha value is -2.57. The summed E-state index contributed by atoms with van der Waals surface area (Å²) < 4.78 is 53.2. The minimum Gasteiger partial charge on any atom is -0.396 e. The highest BCUT2D eigenvalue weighted by molar-refractivity contribution is 5.95. The van der Waals surface area contributed by atoms with Crippen LogP contribution in [0.4, 0.5) is 23.2 Å². The molecule has 21 heavy (non-hydrogen) atoms. The Morgan fingerprint density at radius 2 is 1.76 bits per heavy atom. The van der Waals surface area contributed by atoms with Crippen LogP contribution in [0, 0.1) is 23.3 Å². The molecule has 0 spiro atoms. The largest absolute Gasteiger partial charge is 0.396 e. The maximum atomic E-state index is 13.6. The van der Waals surface area contributed by atoms with Crippen molar-refractivity contribution in [3.05, 3.63) is 64.7 Å². The monoisotopic (exact) mass is 298 g/mol. The average molecular weight is 298 g/mol. The van der Waals surface area contributed by atoms with Crippen LogP contribution >= 0.6 is 0 Å². The molecule has 0 aliphatic carbocycles. The molecule has 1 amide bonds. The number of benzene rings is 2. The van der Waals surface area contributed by atoms with Crippen molar-refractivity contribution in [2.45, 2.75) is 6.54 Å². The zero-order valence-electron chi connectivity index (χ0n) is 10.6. The second-order valence-corrected chi connectivity index (χ2v) is 4.24. The highest BCUT2D eigenvalue weighted by Crippen LogP contribution is 2.18. The number of amides is 1. The number of hydrogen-bond acceptors (Lipinski definition) is 2. The van der Waals surface area contributed by atoms with E-state index >= 15 is 0 Å². The lowest BCUT2D eigenvalue weighted by Gasteiger charge is -2.09. The third kappa shape index (κ3) is 3.13. The predicted octanol–water partition coefficient (Wildman–Crippen LogP) is 2.76. The number of nitrogens with two attached hydrogens (primary N) is 1. The Bertz CT molecular complexity index is 704. The molecule has 0 heterocycles. The van der Waals surface area contributed by atoms with Gasteiger partial charge in [0.15, 0.2) is 5.82 Å². The van der Waals surface area contributed by atoms with E-state index in [4.69, 9.17) is 5.73 Å². The van der Waals surface area contributed by atoms with Crippen LogP contribution in [0.2, 0.25) is 0 Å². The van der Waals surface area contributed by atoms with Crippen molar-refractivity contribution in [2.24, 2.45) is 0 Å². The van der Waals surface area contributed by atoms with Crippen LogP contribution in [-0.4, -0.2) is 5.91 Å². The summed E-state index contributed by atoms with van der Waals surface area (Å²) in [7, 11) is 0. The summed E-state index contributed by atoms with van der Waals surface area (Å²) in [6.45, 7) is -0.349. The van der Waals surface area contributed by atoms with Gasteiger partial charge in [-0.3, -0.25) is 4.79 Å². The summed E-state index contributed by atoms with van der Waals surface area (Å²) in [4.78, 5) is 11.7. The number of halogens is 4. The molecule has 0 saturated heterocycles. The van der Waals surface area contributed by atoms with Gasteiger partial charge in [0.05, 0.1) is 5.69 Å². The highest BCUT2D eigenvalue weighted by atomic mass is 19.1. The molecular formula is C14H10F4N2O. The third-order valence-electron chi connectivity index (χ3n) is 2.80. The number of nitrogen functional groups attached to an aromatic ring is 1. The molecule has 2 rings (SSSR count). The van der Waals surface area contributed by atoms with E-state index in [1.165, 1.54) is 0 Å². The smallest absolute Gasteiger partial charge is 0.257 e. The van der Waals surface area contributed by atoms with Gasteiger partial charge in [0.2, 0.25) is 0 Å². The van der Waals surface area contributed by atoms with E-state index in [0.717, 1.165) is 24.3 Å². The summed E-state index contributed by atoms with van der Waals surface area (Å²) >= 11 is 0. The molecule has 0 radical (unpaired) electrons. The summed E-state index contributed by atoms with van der Waals surface area (Å²) in [5, 5.41) is 2.15. The van der Waals surface area contributed by atoms with E-state index in [1.807, 2.05) is 0 Å². The lowest BCUT2D eigenvalue weighted by atomic mass is 10.1.